The van der Waals surface area contributed by atoms with Crippen molar-refractivity contribution in [3.8, 4) is 11.4 Å². The van der Waals surface area contributed by atoms with Crippen molar-refractivity contribution < 1.29 is 22.5 Å². The van der Waals surface area contributed by atoms with Crippen molar-refractivity contribution >= 4 is 11.6 Å². The zero-order valence-electron chi connectivity index (χ0n) is 16.7. The highest BCUT2D eigenvalue weighted by Gasteiger charge is 2.30. The predicted octanol–water partition coefficient (Wildman–Crippen LogP) is 4.44. The summed E-state index contributed by atoms with van der Waals surface area (Å²) in [6, 6.07) is 10.4. The van der Waals surface area contributed by atoms with Gasteiger partial charge in [0, 0.05) is 11.3 Å². The molecule has 9 heteroatoms. The van der Waals surface area contributed by atoms with Crippen molar-refractivity contribution in [2.24, 2.45) is 0 Å². The van der Waals surface area contributed by atoms with E-state index < -0.39 is 11.7 Å². The van der Waals surface area contributed by atoms with E-state index in [4.69, 9.17) is 4.52 Å². The van der Waals surface area contributed by atoms with Crippen LogP contribution in [0.2, 0.25) is 0 Å². The number of alkyl halides is 3. The van der Waals surface area contributed by atoms with Crippen molar-refractivity contribution in [3.05, 3.63) is 65.0 Å². The smallest absolute Gasteiger partial charge is 0.338 e. The van der Waals surface area contributed by atoms with E-state index in [9.17, 15) is 18.0 Å². The lowest BCUT2D eigenvalue weighted by Crippen LogP contribution is -2.30. The molecule has 2 aromatic carbocycles. The van der Waals surface area contributed by atoms with Gasteiger partial charge in [-0.15, -0.1) is 0 Å². The van der Waals surface area contributed by atoms with Gasteiger partial charge in [-0.2, -0.15) is 18.2 Å². The fourth-order valence-corrected chi connectivity index (χ4v) is 2.88. The van der Waals surface area contributed by atoms with Gasteiger partial charge in [0.25, 0.3) is 0 Å². The summed E-state index contributed by atoms with van der Waals surface area (Å²) in [7, 11) is 1.71. The summed E-state index contributed by atoms with van der Waals surface area (Å²) < 4.78 is 43.8. The predicted molar refractivity (Wildman–Crippen MR) is 106 cm³/mol. The van der Waals surface area contributed by atoms with E-state index in [1.165, 1.54) is 12.1 Å². The van der Waals surface area contributed by atoms with Crippen molar-refractivity contribution in [2.45, 2.75) is 26.6 Å². The van der Waals surface area contributed by atoms with Crippen LogP contribution in [0.25, 0.3) is 11.4 Å². The van der Waals surface area contributed by atoms with E-state index in [0.717, 1.165) is 28.9 Å². The van der Waals surface area contributed by atoms with Crippen LogP contribution in [0, 0.1) is 13.8 Å². The number of benzene rings is 2. The van der Waals surface area contributed by atoms with Crippen LogP contribution >= 0.6 is 0 Å². The zero-order chi connectivity index (χ0) is 21.9. The second-order valence-electron chi connectivity index (χ2n) is 7.06. The van der Waals surface area contributed by atoms with E-state index in [1.54, 1.807) is 11.9 Å². The molecule has 0 fully saturated rings. The molecule has 0 bridgehead atoms. The first-order chi connectivity index (χ1) is 14.1. The molecule has 0 radical (unpaired) electrons. The van der Waals surface area contributed by atoms with Gasteiger partial charge in [0.15, 0.2) is 0 Å². The maximum atomic E-state index is 12.9. The number of carbonyl (C=O) groups is 1. The van der Waals surface area contributed by atoms with Gasteiger partial charge in [0.1, 0.15) is 0 Å². The molecule has 158 valence electrons. The largest absolute Gasteiger partial charge is 0.416 e. The molecule has 1 aromatic heterocycles. The average Bonchev–Trinajstić information content (AvgIpc) is 3.13. The van der Waals surface area contributed by atoms with Crippen molar-refractivity contribution in [1.29, 1.82) is 0 Å². The summed E-state index contributed by atoms with van der Waals surface area (Å²) in [5.41, 5.74) is 2.24. The van der Waals surface area contributed by atoms with Crippen LogP contribution in [-0.4, -0.2) is 34.5 Å². The molecule has 0 saturated heterocycles. The molecule has 0 aliphatic rings. The monoisotopic (exact) mass is 418 g/mol. The van der Waals surface area contributed by atoms with Crippen LogP contribution in [0.3, 0.4) is 0 Å². The Balaban J connectivity index is 1.62. The lowest BCUT2D eigenvalue weighted by molar-refractivity contribution is -0.137. The third-order valence-electron chi connectivity index (χ3n) is 4.61. The zero-order valence-corrected chi connectivity index (χ0v) is 16.7. The van der Waals surface area contributed by atoms with Crippen LogP contribution in [0.5, 0.6) is 0 Å². The Morgan fingerprint density at radius 2 is 1.90 bits per heavy atom. The number of nitrogens with zero attached hydrogens (tertiary/aromatic N) is 3. The number of amides is 1. The summed E-state index contributed by atoms with van der Waals surface area (Å²) in [6.45, 7) is 4.15. The van der Waals surface area contributed by atoms with E-state index in [0.29, 0.717) is 0 Å². The number of hydrogen-bond donors (Lipinski definition) is 1. The number of rotatable bonds is 6. The lowest BCUT2D eigenvalue weighted by Gasteiger charge is -2.15. The minimum atomic E-state index is -4.45. The van der Waals surface area contributed by atoms with Gasteiger partial charge in [0.05, 0.1) is 18.7 Å². The van der Waals surface area contributed by atoms with Gasteiger partial charge in [-0.3, -0.25) is 9.69 Å². The molecular weight excluding hydrogens is 397 g/mol. The average molecular weight is 418 g/mol. The minimum absolute atomic E-state index is 0.0596. The molecule has 1 amide bonds. The Morgan fingerprint density at radius 1 is 1.17 bits per heavy atom. The number of halogens is 3. The van der Waals surface area contributed by atoms with Crippen LogP contribution in [0.1, 0.15) is 22.6 Å². The fraction of sp³-hybridized carbons (Fsp3) is 0.286. The molecule has 0 saturated carbocycles. The van der Waals surface area contributed by atoms with Crippen molar-refractivity contribution in [1.82, 2.24) is 15.0 Å². The number of aromatic nitrogens is 2. The van der Waals surface area contributed by atoms with Crippen LogP contribution in [-0.2, 0) is 17.5 Å². The Kier molecular flexibility index (Phi) is 6.21. The van der Waals surface area contributed by atoms with Gasteiger partial charge in [-0.05, 0) is 50.2 Å². The first-order valence-electron chi connectivity index (χ1n) is 9.18. The van der Waals surface area contributed by atoms with Crippen LogP contribution in [0.4, 0.5) is 18.9 Å². The molecule has 1 heterocycles. The standard InChI is InChI=1S/C21H21F3N4O2/c1-13-6-4-9-17(14(13)2)25-18(29)11-28(3)12-19-26-20(27-30-19)15-7-5-8-16(10-15)21(22,23)24/h4-10H,11-12H2,1-3H3,(H,25,29). The Labute approximate surface area is 171 Å². The number of aryl methyl sites for hydroxylation is 1. The highest BCUT2D eigenvalue weighted by molar-refractivity contribution is 5.93. The van der Waals surface area contributed by atoms with E-state index >= 15 is 0 Å². The second-order valence-corrected chi connectivity index (χ2v) is 7.06. The van der Waals surface area contributed by atoms with Crippen LogP contribution in [0.15, 0.2) is 47.0 Å². The van der Waals surface area contributed by atoms with Gasteiger partial charge < -0.3 is 9.84 Å². The van der Waals surface area contributed by atoms with Gasteiger partial charge >= 0.3 is 6.18 Å². The SMILES string of the molecule is Cc1cccc(NC(=O)CN(C)Cc2nc(-c3cccc(C(F)(F)F)c3)no2)c1C. The van der Waals surface area contributed by atoms with E-state index in [1.807, 2.05) is 32.0 Å². The van der Waals surface area contributed by atoms with E-state index in [2.05, 4.69) is 15.5 Å². The number of likely N-dealkylation sites (N-methyl/N-ethyl adjacent to an activating group) is 1. The molecule has 3 aromatic rings. The number of nitrogens with one attached hydrogen (secondary N) is 1. The lowest BCUT2D eigenvalue weighted by atomic mass is 10.1. The molecule has 0 unspecified atom stereocenters. The van der Waals surface area contributed by atoms with Gasteiger partial charge in [0.2, 0.25) is 17.6 Å². The topological polar surface area (TPSA) is 71.3 Å². The van der Waals surface area contributed by atoms with Crippen molar-refractivity contribution in [3.63, 3.8) is 0 Å². The Morgan fingerprint density at radius 3 is 2.63 bits per heavy atom. The first-order valence-corrected chi connectivity index (χ1v) is 9.18. The second kappa shape index (κ2) is 8.66. The van der Waals surface area contributed by atoms with E-state index in [-0.39, 0.29) is 36.3 Å². The molecular formula is C21H21F3N4O2. The Bertz CT molecular complexity index is 1050. The summed E-state index contributed by atoms with van der Waals surface area (Å²) in [6.07, 6.45) is -4.45. The molecule has 6 nitrogen and oxygen atoms in total. The quantitative estimate of drug-likeness (QED) is 0.641. The normalized spacial score (nSPS) is 11.7. The first kappa shape index (κ1) is 21.5. The summed E-state index contributed by atoms with van der Waals surface area (Å²) in [5.74, 6) is 0.0533. The number of carbonyl (C=O) groups excluding carboxylic acids is 1. The fourth-order valence-electron chi connectivity index (χ4n) is 2.88. The van der Waals surface area contributed by atoms with Gasteiger partial charge in [-0.1, -0.05) is 29.4 Å². The van der Waals surface area contributed by atoms with Gasteiger partial charge in [-0.25, -0.2) is 0 Å². The highest BCUT2D eigenvalue weighted by atomic mass is 19.4. The maximum absolute atomic E-state index is 12.9. The minimum Gasteiger partial charge on any atom is -0.338 e. The third-order valence-corrected chi connectivity index (χ3v) is 4.61. The number of anilines is 1. The number of hydrogen-bond acceptors (Lipinski definition) is 5. The molecule has 0 aliphatic carbocycles. The van der Waals surface area contributed by atoms with Crippen LogP contribution < -0.4 is 5.32 Å². The molecule has 0 spiro atoms. The Hall–Kier alpha value is -3.20. The van der Waals surface area contributed by atoms with Crippen molar-refractivity contribution in [2.75, 3.05) is 18.9 Å². The molecule has 0 atom stereocenters. The summed E-state index contributed by atoms with van der Waals surface area (Å²) in [5, 5.41) is 6.62. The maximum Gasteiger partial charge on any atom is 0.416 e. The molecule has 30 heavy (non-hydrogen) atoms. The molecule has 1 N–H and O–H groups in total. The molecule has 0 aliphatic heterocycles. The molecule has 3 rings (SSSR count). The third kappa shape index (κ3) is 5.24. The summed E-state index contributed by atoms with van der Waals surface area (Å²) in [4.78, 5) is 18.1. The summed E-state index contributed by atoms with van der Waals surface area (Å²) >= 11 is 0. The highest BCUT2D eigenvalue weighted by Crippen LogP contribution is 2.31.